The molecule has 0 unspecified atom stereocenters. The van der Waals surface area contributed by atoms with Crippen molar-refractivity contribution in [2.45, 2.75) is 65.7 Å². The van der Waals surface area contributed by atoms with Crippen molar-refractivity contribution in [3.8, 4) is 0 Å². The molecule has 0 amide bonds. The van der Waals surface area contributed by atoms with Crippen molar-refractivity contribution in [2.24, 2.45) is 0 Å². The van der Waals surface area contributed by atoms with Crippen LogP contribution in [0.25, 0.3) is 0 Å². The van der Waals surface area contributed by atoms with Gasteiger partial charge in [-0.05, 0) is 69.3 Å². The van der Waals surface area contributed by atoms with Crippen molar-refractivity contribution >= 4 is 0 Å². The zero-order valence-corrected chi connectivity index (χ0v) is 14.4. The van der Waals surface area contributed by atoms with Crippen LogP contribution >= 0.6 is 0 Å². The summed E-state index contributed by atoms with van der Waals surface area (Å²) in [5, 5.41) is 0. The number of hydrogen-bond donors (Lipinski definition) is 0. The van der Waals surface area contributed by atoms with Crippen LogP contribution in [0.3, 0.4) is 0 Å². The summed E-state index contributed by atoms with van der Waals surface area (Å²) >= 11 is 0. The van der Waals surface area contributed by atoms with E-state index in [0.717, 1.165) is 0 Å². The molecule has 1 aliphatic carbocycles. The first-order chi connectivity index (χ1) is 9.70. The van der Waals surface area contributed by atoms with Gasteiger partial charge in [-0.2, -0.15) is 0 Å². The Hall–Kier alpha value is -0.820. The minimum Gasteiger partial charge on any atom is -0.306 e. The average molecular weight is 275 g/mol. The average Bonchev–Trinajstić information content (AvgIpc) is 2.85. The standard InChI is InChI=1S/C15H21N.2C2H6/c1-12-3-4-14-13(11-12)5-6-15(14)7-9-16(2)10-8-15;2*1-2/h3-4,11H,5-10H2,1-2H3;2*1-2H3. The highest BCUT2D eigenvalue weighted by atomic mass is 15.1. The minimum absolute atomic E-state index is 0.537. The van der Waals surface area contributed by atoms with Gasteiger partial charge in [-0.25, -0.2) is 0 Å². The number of nitrogens with zero attached hydrogens (tertiary/aromatic N) is 1. The molecule has 1 aromatic rings. The Bertz CT molecular complexity index is 400. The van der Waals surface area contributed by atoms with Gasteiger partial charge in [0.05, 0.1) is 0 Å². The van der Waals surface area contributed by atoms with Crippen LogP contribution in [0.2, 0.25) is 0 Å². The third-order valence-corrected chi connectivity index (χ3v) is 4.65. The summed E-state index contributed by atoms with van der Waals surface area (Å²) in [4.78, 5) is 2.47. The molecule has 1 saturated heterocycles. The molecule has 3 rings (SSSR count). The molecule has 0 N–H and O–H groups in total. The van der Waals surface area contributed by atoms with Gasteiger partial charge in [0.1, 0.15) is 0 Å². The zero-order chi connectivity index (χ0) is 15.2. The summed E-state index contributed by atoms with van der Waals surface area (Å²) in [7, 11) is 2.25. The molecule has 20 heavy (non-hydrogen) atoms. The topological polar surface area (TPSA) is 3.24 Å². The fourth-order valence-corrected chi connectivity index (χ4v) is 3.52. The number of likely N-dealkylation sites (tertiary alicyclic amines) is 1. The number of fused-ring (bicyclic) bond motifs is 2. The molecular formula is C19H33N. The number of piperidine rings is 1. The number of hydrogen-bond acceptors (Lipinski definition) is 1. The lowest BCUT2D eigenvalue weighted by atomic mass is 9.74. The van der Waals surface area contributed by atoms with Crippen LogP contribution in [0, 0.1) is 6.92 Å². The second-order valence-corrected chi connectivity index (χ2v) is 5.74. The third-order valence-electron chi connectivity index (χ3n) is 4.65. The molecule has 114 valence electrons. The van der Waals surface area contributed by atoms with E-state index in [2.05, 4.69) is 37.1 Å². The molecule has 1 heteroatoms. The molecule has 1 aromatic carbocycles. The van der Waals surface area contributed by atoms with Gasteiger partial charge < -0.3 is 4.90 Å². The van der Waals surface area contributed by atoms with E-state index in [4.69, 9.17) is 0 Å². The summed E-state index contributed by atoms with van der Waals surface area (Å²) in [5.74, 6) is 0. The van der Waals surface area contributed by atoms with Crippen LogP contribution in [-0.2, 0) is 11.8 Å². The Morgan fingerprint density at radius 3 is 2.15 bits per heavy atom. The molecule has 0 saturated carbocycles. The van der Waals surface area contributed by atoms with E-state index in [9.17, 15) is 0 Å². The van der Waals surface area contributed by atoms with E-state index in [1.165, 1.54) is 44.3 Å². The summed E-state index contributed by atoms with van der Waals surface area (Å²) in [5.41, 5.74) is 5.26. The van der Waals surface area contributed by atoms with Crippen LogP contribution < -0.4 is 0 Å². The maximum absolute atomic E-state index is 2.47. The minimum atomic E-state index is 0.537. The molecule has 1 heterocycles. The lowest BCUT2D eigenvalue weighted by Gasteiger charge is -2.38. The molecule has 1 nitrogen and oxygen atoms in total. The summed E-state index contributed by atoms with van der Waals surface area (Å²) in [6.07, 6.45) is 5.42. The van der Waals surface area contributed by atoms with E-state index in [0.29, 0.717) is 5.41 Å². The highest BCUT2D eigenvalue weighted by molar-refractivity contribution is 5.42. The van der Waals surface area contributed by atoms with Gasteiger partial charge in [0.2, 0.25) is 0 Å². The van der Waals surface area contributed by atoms with Crippen LogP contribution in [0.1, 0.15) is 63.6 Å². The molecule has 1 fully saturated rings. The highest BCUT2D eigenvalue weighted by Crippen LogP contribution is 2.46. The number of benzene rings is 1. The van der Waals surface area contributed by atoms with Gasteiger partial charge in [-0.1, -0.05) is 51.5 Å². The van der Waals surface area contributed by atoms with Crippen LogP contribution in [0.5, 0.6) is 0 Å². The normalized spacial score (nSPS) is 19.5. The van der Waals surface area contributed by atoms with Gasteiger partial charge in [-0.15, -0.1) is 0 Å². The summed E-state index contributed by atoms with van der Waals surface area (Å²) in [6, 6.07) is 7.11. The lowest BCUT2D eigenvalue weighted by molar-refractivity contribution is 0.187. The van der Waals surface area contributed by atoms with Crippen molar-refractivity contribution in [1.82, 2.24) is 4.90 Å². The Kier molecular flexibility index (Phi) is 6.75. The van der Waals surface area contributed by atoms with E-state index >= 15 is 0 Å². The number of aryl methyl sites for hydroxylation is 2. The molecule has 2 aliphatic rings. The van der Waals surface area contributed by atoms with E-state index in [-0.39, 0.29) is 0 Å². The second-order valence-electron chi connectivity index (χ2n) is 5.74. The zero-order valence-electron chi connectivity index (χ0n) is 14.4. The predicted octanol–water partition coefficient (Wildman–Crippen LogP) is 4.96. The van der Waals surface area contributed by atoms with Gasteiger partial charge in [0.15, 0.2) is 0 Å². The first kappa shape index (κ1) is 17.2. The molecule has 1 aliphatic heterocycles. The largest absolute Gasteiger partial charge is 0.306 e. The first-order valence-electron chi connectivity index (χ1n) is 8.48. The molecule has 1 spiro atoms. The summed E-state index contributed by atoms with van der Waals surface area (Å²) in [6.45, 7) is 12.8. The maximum atomic E-state index is 2.47. The first-order valence-corrected chi connectivity index (χ1v) is 8.48. The van der Waals surface area contributed by atoms with Gasteiger partial charge in [0, 0.05) is 0 Å². The Labute approximate surface area is 126 Å². The van der Waals surface area contributed by atoms with Gasteiger partial charge in [-0.3, -0.25) is 0 Å². The van der Waals surface area contributed by atoms with Crippen LogP contribution in [0.4, 0.5) is 0 Å². The lowest BCUT2D eigenvalue weighted by Crippen LogP contribution is -2.39. The van der Waals surface area contributed by atoms with Crippen molar-refractivity contribution in [3.63, 3.8) is 0 Å². The van der Waals surface area contributed by atoms with Crippen molar-refractivity contribution in [2.75, 3.05) is 20.1 Å². The SMILES string of the molecule is CC.CC.Cc1ccc2c(c1)CCC21CCN(C)CC1. The Morgan fingerprint density at radius 1 is 0.950 bits per heavy atom. The van der Waals surface area contributed by atoms with Crippen molar-refractivity contribution in [3.05, 3.63) is 34.9 Å². The maximum Gasteiger partial charge on any atom is -0.00133 e. The molecule has 0 atom stereocenters. The van der Waals surface area contributed by atoms with Crippen LogP contribution in [0.15, 0.2) is 18.2 Å². The fourth-order valence-electron chi connectivity index (χ4n) is 3.52. The molecule has 0 bridgehead atoms. The summed E-state index contributed by atoms with van der Waals surface area (Å²) < 4.78 is 0. The second kappa shape index (κ2) is 7.83. The molecule has 0 radical (unpaired) electrons. The van der Waals surface area contributed by atoms with Gasteiger partial charge in [0.25, 0.3) is 0 Å². The smallest absolute Gasteiger partial charge is 0.00133 e. The Morgan fingerprint density at radius 2 is 1.55 bits per heavy atom. The quantitative estimate of drug-likeness (QED) is 0.647. The van der Waals surface area contributed by atoms with Crippen molar-refractivity contribution < 1.29 is 0 Å². The predicted molar refractivity (Wildman–Crippen MR) is 90.6 cm³/mol. The third kappa shape index (κ3) is 3.44. The fraction of sp³-hybridized carbons (Fsp3) is 0.684. The highest BCUT2D eigenvalue weighted by Gasteiger charge is 2.40. The monoisotopic (exact) mass is 275 g/mol. The van der Waals surface area contributed by atoms with E-state index in [1.807, 2.05) is 27.7 Å². The number of rotatable bonds is 0. The van der Waals surface area contributed by atoms with E-state index < -0.39 is 0 Å². The van der Waals surface area contributed by atoms with Crippen LogP contribution in [-0.4, -0.2) is 25.0 Å². The van der Waals surface area contributed by atoms with Gasteiger partial charge >= 0.3 is 0 Å². The van der Waals surface area contributed by atoms with E-state index in [1.54, 1.807) is 11.1 Å². The van der Waals surface area contributed by atoms with Crippen molar-refractivity contribution in [1.29, 1.82) is 0 Å². The molecule has 0 aromatic heterocycles. The Balaban J connectivity index is 0.000000461. The molecular weight excluding hydrogens is 242 g/mol.